The quantitative estimate of drug-likeness (QED) is 0.461. The van der Waals surface area contributed by atoms with Crippen molar-refractivity contribution >= 4 is 13.1 Å². The largest absolute Gasteiger partial charge is 0.496 e. The van der Waals surface area contributed by atoms with Gasteiger partial charge in [-0.25, -0.2) is 4.79 Å². The lowest BCUT2D eigenvalue weighted by atomic mass is 9.22. The maximum Gasteiger partial charge on any atom is 0.457 e. The third kappa shape index (κ3) is 2.62. The van der Waals surface area contributed by atoms with Gasteiger partial charge in [-0.2, -0.15) is 0 Å². The second-order valence-electron chi connectivity index (χ2n) is 11.6. The minimum atomic E-state index is -1.06. The average Bonchev–Trinajstić information content (AvgIpc) is 2.77. The monoisotopic (exact) mass is 468 g/mol. The van der Waals surface area contributed by atoms with Crippen molar-refractivity contribution in [1.82, 2.24) is 0 Å². The number of benzene rings is 1. The number of hydrogen-bond donors (Lipinski definition) is 0. The van der Waals surface area contributed by atoms with Crippen LogP contribution in [0.1, 0.15) is 61.4 Å². The zero-order valence-corrected chi connectivity index (χ0v) is 20.4. The number of cyclic esters (lactones) is 1. The molecule has 6 aliphatic rings. The maximum absolute atomic E-state index is 12.8. The van der Waals surface area contributed by atoms with Gasteiger partial charge < -0.3 is 28.3 Å². The molecule has 0 N–H and O–H groups in total. The first kappa shape index (κ1) is 21.5. The molecule has 34 heavy (non-hydrogen) atoms. The summed E-state index contributed by atoms with van der Waals surface area (Å²) in [6, 6.07) is 3.77. The molecule has 7 rings (SSSR count). The average molecular weight is 468 g/mol. The number of ether oxygens (including phenoxy) is 4. The van der Waals surface area contributed by atoms with Crippen LogP contribution >= 0.6 is 0 Å². The van der Waals surface area contributed by atoms with E-state index in [1.54, 1.807) is 34.1 Å². The number of methoxy groups -OCH3 is 2. The molecule has 2 heterocycles. The molecule has 1 aromatic rings. The zero-order chi connectivity index (χ0) is 23.4. The third-order valence-corrected chi connectivity index (χ3v) is 9.87. The topological polar surface area (TPSA) is 72.5 Å². The van der Waals surface area contributed by atoms with Gasteiger partial charge in [0.25, 0.3) is 0 Å². The van der Waals surface area contributed by atoms with Gasteiger partial charge in [-0.15, -0.1) is 0 Å². The molecule has 4 aliphatic carbocycles. The van der Waals surface area contributed by atoms with Crippen LogP contribution in [-0.2, 0) is 18.8 Å². The fraction of sp³-hybridized carbons (Fsp3) is 0.731. The summed E-state index contributed by atoms with van der Waals surface area (Å²) >= 11 is 0. The molecule has 2 aliphatic heterocycles. The van der Waals surface area contributed by atoms with Crippen molar-refractivity contribution in [1.29, 1.82) is 0 Å². The molecule has 0 bridgehead atoms. The van der Waals surface area contributed by atoms with Crippen molar-refractivity contribution in [2.75, 3.05) is 20.8 Å². The number of esters is 1. The third-order valence-electron chi connectivity index (χ3n) is 9.87. The van der Waals surface area contributed by atoms with E-state index in [0.717, 1.165) is 29.7 Å². The van der Waals surface area contributed by atoms with Crippen molar-refractivity contribution in [3.8, 4) is 11.5 Å². The van der Waals surface area contributed by atoms with E-state index < -0.39 is 11.8 Å². The Bertz CT molecular complexity index is 1030. The zero-order valence-electron chi connectivity index (χ0n) is 20.4. The van der Waals surface area contributed by atoms with Gasteiger partial charge >= 0.3 is 13.1 Å². The lowest BCUT2D eigenvalue weighted by molar-refractivity contribution is -0.395. The van der Waals surface area contributed by atoms with Crippen LogP contribution in [-0.4, -0.2) is 51.9 Å². The molecule has 7 unspecified atom stereocenters. The van der Waals surface area contributed by atoms with Crippen molar-refractivity contribution in [2.45, 2.75) is 69.8 Å². The second-order valence-corrected chi connectivity index (χ2v) is 11.6. The first-order valence-electron chi connectivity index (χ1n) is 12.8. The van der Waals surface area contributed by atoms with E-state index in [1.807, 2.05) is 6.07 Å². The summed E-state index contributed by atoms with van der Waals surface area (Å²) in [6.45, 7) is 3.95. The van der Waals surface area contributed by atoms with Gasteiger partial charge in [0, 0.05) is 44.5 Å². The van der Waals surface area contributed by atoms with Crippen LogP contribution in [0, 0.1) is 29.1 Å². The van der Waals surface area contributed by atoms with Crippen molar-refractivity contribution in [3.05, 3.63) is 23.3 Å². The predicted molar refractivity (Wildman–Crippen MR) is 123 cm³/mol. The number of fused-ring (bicyclic) bond motifs is 2. The molecule has 7 nitrogen and oxygen atoms in total. The van der Waals surface area contributed by atoms with Crippen LogP contribution < -0.4 is 9.47 Å². The van der Waals surface area contributed by atoms with Gasteiger partial charge in [0.2, 0.25) is 5.79 Å². The van der Waals surface area contributed by atoms with E-state index in [2.05, 4.69) is 0 Å². The van der Waals surface area contributed by atoms with E-state index in [9.17, 15) is 4.79 Å². The molecular formula is C26H33BO7. The first-order chi connectivity index (χ1) is 16.4. The van der Waals surface area contributed by atoms with E-state index in [0.29, 0.717) is 53.5 Å². The fourth-order valence-corrected chi connectivity index (χ4v) is 8.73. The Balaban J connectivity index is 1.17. The SMILES string of the molecule is COCC(CB1OC2C3CC4CC5CC[C@@H](O1)C2C543)c1ccc(OC)c2c1OC(C)(C)OC2=O. The van der Waals surface area contributed by atoms with Crippen LogP contribution in [0.4, 0.5) is 0 Å². The number of hydrogen-bond acceptors (Lipinski definition) is 7. The Morgan fingerprint density at radius 2 is 1.97 bits per heavy atom. The Labute approximate surface area is 200 Å². The van der Waals surface area contributed by atoms with Crippen LogP contribution in [0.15, 0.2) is 12.1 Å². The van der Waals surface area contributed by atoms with Crippen LogP contribution in [0.5, 0.6) is 11.5 Å². The first-order valence-corrected chi connectivity index (χ1v) is 12.8. The summed E-state index contributed by atoms with van der Waals surface area (Å²) in [5.41, 5.74) is 1.79. The fourth-order valence-electron chi connectivity index (χ4n) is 8.73. The van der Waals surface area contributed by atoms with E-state index in [4.69, 9.17) is 28.3 Å². The summed E-state index contributed by atoms with van der Waals surface area (Å²) < 4.78 is 36.0. The van der Waals surface area contributed by atoms with Gasteiger partial charge in [0.15, 0.2) is 0 Å². The number of carbonyl (C=O) groups excluding carboxylic acids is 1. The van der Waals surface area contributed by atoms with E-state index >= 15 is 0 Å². The number of carbonyl (C=O) groups is 1. The highest BCUT2D eigenvalue weighted by Gasteiger charge is 2.82. The summed E-state index contributed by atoms with van der Waals surface area (Å²) in [6.07, 6.45) is 6.56. The van der Waals surface area contributed by atoms with E-state index in [1.165, 1.54) is 19.3 Å². The lowest BCUT2D eigenvalue weighted by Crippen LogP contribution is -2.85. The molecular weight excluding hydrogens is 435 g/mol. The highest BCUT2D eigenvalue weighted by Crippen LogP contribution is 2.83. The van der Waals surface area contributed by atoms with E-state index in [-0.39, 0.29) is 13.0 Å². The Kier molecular flexibility index (Phi) is 4.52. The maximum atomic E-state index is 12.8. The smallest absolute Gasteiger partial charge is 0.457 e. The van der Waals surface area contributed by atoms with Crippen LogP contribution in [0.3, 0.4) is 0 Å². The molecule has 4 saturated carbocycles. The second kappa shape index (κ2) is 7.14. The van der Waals surface area contributed by atoms with Gasteiger partial charge in [-0.1, -0.05) is 6.07 Å². The summed E-state index contributed by atoms with van der Waals surface area (Å²) in [7, 11) is 2.96. The summed E-state index contributed by atoms with van der Waals surface area (Å²) in [4.78, 5) is 12.8. The Morgan fingerprint density at radius 3 is 2.74 bits per heavy atom. The van der Waals surface area contributed by atoms with Crippen LogP contribution in [0.2, 0.25) is 6.32 Å². The summed E-state index contributed by atoms with van der Waals surface area (Å²) in [5, 5.41) is 0. The highest BCUT2D eigenvalue weighted by atomic mass is 16.7. The summed E-state index contributed by atoms with van der Waals surface area (Å²) in [5.74, 6) is 2.60. The molecule has 1 spiro atoms. The lowest BCUT2D eigenvalue weighted by Gasteiger charge is -2.85. The van der Waals surface area contributed by atoms with Crippen molar-refractivity contribution in [2.24, 2.45) is 29.1 Å². The normalized spacial score (nSPS) is 40.7. The van der Waals surface area contributed by atoms with Gasteiger partial charge in [-0.05, 0) is 61.2 Å². The molecule has 182 valence electrons. The molecule has 0 amide bonds. The molecule has 8 atom stereocenters. The molecule has 1 aromatic carbocycles. The van der Waals surface area contributed by atoms with Gasteiger partial charge in [0.05, 0.1) is 19.8 Å². The van der Waals surface area contributed by atoms with Crippen LogP contribution in [0.25, 0.3) is 0 Å². The molecule has 5 fully saturated rings. The Morgan fingerprint density at radius 1 is 1.12 bits per heavy atom. The minimum absolute atomic E-state index is 0.0591. The minimum Gasteiger partial charge on any atom is -0.496 e. The number of rotatable bonds is 6. The Hall–Kier alpha value is -1.77. The predicted octanol–water partition coefficient (Wildman–Crippen LogP) is 4.05. The standard InChI is InChI=1S/C26H33BO7/c1-25(2)31-22-16(6-8-18(30-4)20(22)24(28)32-25)13(12-29-3)11-27-33-19-7-5-14-9-15-10-17-23(34-27)21(19)26(14,15)17/h6,8,13-15,17,19,21,23H,5,7,9-12H2,1-4H3/t13?,14?,15?,17?,19-,21?,23?,26?/m1/s1. The molecule has 8 heteroatoms. The highest BCUT2D eigenvalue weighted by molar-refractivity contribution is 6.45. The van der Waals surface area contributed by atoms with Crippen molar-refractivity contribution < 1.29 is 33.1 Å². The molecule has 0 radical (unpaired) electrons. The van der Waals surface area contributed by atoms with Crippen molar-refractivity contribution in [3.63, 3.8) is 0 Å². The van der Waals surface area contributed by atoms with Gasteiger partial charge in [-0.3, -0.25) is 0 Å². The molecule has 0 aromatic heterocycles. The molecule has 1 saturated heterocycles. The van der Waals surface area contributed by atoms with Gasteiger partial charge in [0.1, 0.15) is 17.1 Å².